The average molecular weight is 485 g/mol. The number of nitrogens with one attached hydrogen (secondary N) is 2. The summed E-state index contributed by atoms with van der Waals surface area (Å²) >= 11 is 0. The molecule has 2 N–H and O–H groups in total. The molecule has 0 bridgehead atoms. The minimum atomic E-state index is -0.0140. The van der Waals surface area contributed by atoms with Crippen LogP contribution in [0.3, 0.4) is 0 Å². The van der Waals surface area contributed by atoms with E-state index < -0.39 is 0 Å². The van der Waals surface area contributed by atoms with Crippen molar-refractivity contribution in [1.82, 2.24) is 29.7 Å². The van der Waals surface area contributed by atoms with Gasteiger partial charge in [-0.3, -0.25) is 9.20 Å². The van der Waals surface area contributed by atoms with Crippen LogP contribution in [0, 0.1) is 12.3 Å². The molecule has 6 rings (SSSR count). The van der Waals surface area contributed by atoms with Gasteiger partial charge in [-0.25, -0.2) is 15.0 Å². The fourth-order valence-electron chi connectivity index (χ4n) is 5.68. The van der Waals surface area contributed by atoms with E-state index >= 15 is 0 Å². The third-order valence-corrected chi connectivity index (χ3v) is 7.79. The Labute approximate surface area is 210 Å². The molecule has 0 aromatic carbocycles. The quantitative estimate of drug-likeness (QED) is 0.406. The highest BCUT2D eigenvalue weighted by atomic mass is 16.1. The molecule has 4 aromatic heterocycles. The van der Waals surface area contributed by atoms with Gasteiger partial charge in [-0.15, -0.1) is 0 Å². The smallest absolute Gasteiger partial charge is 0.230 e. The van der Waals surface area contributed by atoms with E-state index in [0.717, 1.165) is 48.5 Å². The Morgan fingerprint density at radius 2 is 2.00 bits per heavy atom. The van der Waals surface area contributed by atoms with E-state index in [2.05, 4.69) is 45.4 Å². The molecular weight excluding hydrogens is 452 g/mol. The number of carbonyl (C=O) groups excluding carboxylic acids is 1. The van der Waals surface area contributed by atoms with Crippen LogP contribution in [-0.4, -0.2) is 56.3 Å². The second-order valence-corrected chi connectivity index (χ2v) is 10.6. The number of anilines is 3. The normalized spacial score (nSPS) is 19.9. The van der Waals surface area contributed by atoms with Gasteiger partial charge in [0.05, 0.1) is 23.1 Å². The SMILES string of the molecule is CC(=O)c1c(C)c2cnc(Nc3ccc(N4CCC5(CCNC5)C4)cn3)nc2n2cc(C(C)C)nc12. The largest absolute Gasteiger partial charge is 0.370 e. The van der Waals surface area contributed by atoms with Crippen LogP contribution in [0.5, 0.6) is 0 Å². The molecule has 186 valence electrons. The summed E-state index contributed by atoms with van der Waals surface area (Å²) in [6, 6.07) is 4.10. The number of imidazole rings is 1. The van der Waals surface area contributed by atoms with Gasteiger partial charge in [0.1, 0.15) is 11.5 Å². The van der Waals surface area contributed by atoms with Crippen LogP contribution >= 0.6 is 0 Å². The van der Waals surface area contributed by atoms with Gasteiger partial charge in [-0.1, -0.05) is 13.8 Å². The molecule has 0 aliphatic carbocycles. The summed E-state index contributed by atoms with van der Waals surface area (Å²) in [5, 5.41) is 7.60. The van der Waals surface area contributed by atoms with E-state index in [4.69, 9.17) is 9.97 Å². The van der Waals surface area contributed by atoms with E-state index in [1.165, 1.54) is 12.8 Å². The van der Waals surface area contributed by atoms with Crippen LogP contribution in [0.1, 0.15) is 61.1 Å². The van der Waals surface area contributed by atoms with Gasteiger partial charge in [0.15, 0.2) is 11.4 Å². The monoisotopic (exact) mass is 484 g/mol. The Morgan fingerprint density at radius 3 is 2.69 bits per heavy atom. The maximum absolute atomic E-state index is 12.5. The lowest BCUT2D eigenvalue weighted by molar-refractivity contribution is 0.101. The number of carbonyl (C=O) groups is 1. The van der Waals surface area contributed by atoms with E-state index in [1.807, 2.05) is 29.8 Å². The number of Topliss-reactive ketones (excluding diaryl/α,β-unsaturated/α-hetero) is 1. The molecule has 4 aromatic rings. The van der Waals surface area contributed by atoms with Crippen molar-refractivity contribution in [1.29, 1.82) is 0 Å². The van der Waals surface area contributed by atoms with Crippen molar-refractivity contribution in [2.24, 2.45) is 5.41 Å². The summed E-state index contributed by atoms with van der Waals surface area (Å²) in [5.41, 5.74) is 5.32. The predicted octanol–water partition coefficient (Wildman–Crippen LogP) is 4.24. The van der Waals surface area contributed by atoms with E-state index in [1.54, 1.807) is 13.1 Å². The summed E-state index contributed by atoms with van der Waals surface area (Å²) in [6.45, 7) is 12.1. The first-order valence-electron chi connectivity index (χ1n) is 12.7. The lowest BCUT2D eigenvalue weighted by Crippen LogP contribution is -2.29. The number of fused-ring (bicyclic) bond motifs is 3. The van der Waals surface area contributed by atoms with Crippen LogP contribution in [0.15, 0.2) is 30.7 Å². The van der Waals surface area contributed by atoms with E-state index in [0.29, 0.717) is 34.0 Å². The zero-order valence-electron chi connectivity index (χ0n) is 21.3. The predicted molar refractivity (Wildman–Crippen MR) is 141 cm³/mol. The van der Waals surface area contributed by atoms with Crippen molar-refractivity contribution in [2.75, 3.05) is 36.4 Å². The first kappa shape index (κ1) is 22.8. The third-order valence-electron chi connectivity index (χ3n) is 7.79. The maximum atomic E-state index is 12.5. The summed E-state index contributed by atoms with van der Waals surface area (Å²) in [7, 11) is 0. The summed E-state index contributed by atoms with van der Waals surface area (Å²) in [6.07, 6.45) is 8.16. The average Bonchev–Trinajstić information content (AvgIpc) is 3.60. The second-order valence-electron chi connectivity index (χ2n) is 10.6. The van der Waals surface area contributed by atoms with Crippen molar-refractivity contribution in [3.8, 4) is 0 Å². The van der Waals surface area contributed by atoms with Gasteiger partial charge in [0.25, 0.3) is 0 Å². The molecule has 2 aliphatic heterocycles. The minimum Gasteiger partial charge on any atom is -0.370 e. The molecule has 9 nitrogen and oxygen atoms in total. The molecule has 1 atom stereocenters. The number of aromatic nitrogens is 5. The molecule has 2 aliphatic rings. The van der Waals surface area contributed by atoms with Crippen molar-refractivity contribution < 1.29 is 4.79 Å². The molecule has 2 fully saturated rings. The van der Waals surface area contributed by atoms with Crippen LogP contribution in [-0.2, 0) is 0 Å². The molecule has 6 heterocycles. The van der Waals surface area contributed by atoms with Crippen LogP contribution in [0.4, 0.5) is 17.5 Å². The number of rotatable bonds is 5. The number of pyridine rings is 2. The Bertz CT molecular complexity index is 1470. The molecule has 1 spiro atoms. The maximum Gasteiger partial charge on any atom is 0.230 e. The summed E-state index contributed by atoms with van der Waals surface area (Å²) < 4.78 is 1.92. The Morgan fingerprint density at radius 1 is 1.14 bits per heavy atom. The molecule has 1 unspecified atom stereocenters. The fraction of sp³-hybridized carbons (Fsp3) is 0.444. The van der Waals surface area contributed by atoms with Crippen molar-refractivity contribution in [3.63, 3.8) is 0 Å². The zero-order valence-corrected chi connectivity index (χ0v) is 21.3. The van der Waals surface area contributed by atoms with Gasteiger partial charge in [-0.05, 0) is 56.8 Å². The second kappa shape index (κ2) is 8.51. The number of hydrogen-bond donors (Lipinski definition) is 2. The fourth-order valence-corrected chi connectivity index (χ4v) is 5.68. The highest BCUT2D eigenvalue weighted by Crippen LogP contribution is 2.38. The van der Waals surface area contributed by atoms with Gasteiger partial charge in [-0.2, -0.15) is 4.98 Å². The summed E-state index contributed by atoms with van der Waals surface area (Å²) in [5.74, 6) is 1.37. The van der Waals surface area contributed by atoms with Gasteiger partial charge >= 0.3 is 0 Å². The van der Waals surface area contributed by atoms with Crippen LogP contribution in [0.2, 0.25) is 0 Å². The third kappa shape index (κ3) is 3.78. The van der Waals surface area contributed by atoms with E-state index in [-0.39, 0.29) is 11.7 Å². The Hall–Kier alpha value is -3.59. The highest BCUT2D eigenvalue weighted by molar-refractivity contribution is 6.05. The molecule has 0 amide bonds. The van der Waals surface area contributed by atoms with Crippen LogP contribution in [0.25, 0.3) is 16.7 Å². The van der Waals surface area contributed by atoms with Crippen molar-refractivity contribution >= 4 is 39.9 Å². The van der Waals surface area contributed by atoms with E-state index in [9.17, 15) is 4.79 Å². The Kier molecular flexibility index (Phi) is 5.40. The lowest BCUT2D eigenvalue weighted by atomic mass is 9.86. The van der Waals surface area contributed by atoms with Gasteiger partial charge < -0.3 is 15.5 Å². The first-order valence-corrected chi connectivity index (χ1v) is 12.7. The van der Waals surface area contributed by atoms with Crippen molar-refractivity contribution in [2.45, 2.75) is 46.5 Å². The number of nitrogens with zero attached hydrogens (tertiary/aromatic N) is 6. The number of hydrogen-bond acceptors (Lipinski definition) is 8. The zero-order chi connectivity index (χ0) is 25.0. The molecule has 2 saturated heterocycles. The van der Waals surface area contributed by atoms with Crippen LogP contribution < -0.4 is 15.5 Å². The molecular formula is C27H32N8O. The molecule has 0 radical (unpaired) electrons. The van der Waals surface area contributed by atoms with Gasteiger partial charge in [0.2, 0.25) is 5.95 Å². The topological polar surface area (TPSA) is 100 Å². The summed E-state index contributed by atoms with van der Waals surface area (Å²) in [4.78, 5) is 33.7. The molecule has 36 heavy (non-hydrogen) atoms. The van der Waals surface area contributed by atoms with Crippen molar-refractivity contribution in [3.05, 3.63) is 47.5 Å². The molecule has 9 heteroatoms. The Balaban J connectivity index is 1.31. The first-order chi connectivity index (χ1) is 17.3. The lowest BCUT2D eigenvalue weighted by Gasteiger charge is -2.23. The standard InChI is InChI=1S/C27H32N8O/c1-16(2)21-13-35-24-20(17(3)23(18(4)36)25(35)31-21)12-30-26(33-24)32-22-6-5-19(11-29-22)34-10-8-27(15-34)7-9-28-14-27/h5-6,11-13,16,28H,7-10,14-15H2,1-4H3,(H,29,30,32,33). The van der Waals surface area contributed by atoms with Gasteiger partial charge in [0, 0.05) is 42.8 Å². The number of aryl methyl sites for hydroxylation is 1. The highest BCUT2D eigenvalue weighted by Gasteiger charge is 2.40. The number of ketones is 1. The molecule has 0 saturated carbocycles. The minimum absolute atomic E-state index is 0.0140.